The molecule has 0 aromatic carbocycles. The zero-order valence-electron chi connectivity index (χ0n) is 14.2. The minimum absolute atomic E-state index is 0.371. The van der Waals surface area contributed by atoms with Crippen molar-refractivity contribution < 1.29 is 0 Å². The third-order valence-corrected chi connectivity index (χ3v) is 6.34. The van der Waals surface area contributed by atoms with Gasteiger partial charge in [-0.05, 0) is 56.8 Å². The standard InChI is InChI=1S/C17H31N3S/c1-11-12(2)21-16(19-11)10-15(20-18)13-6-8-14(9-7-13)17(3,4)5/h13-15,20H,6-10,18H2,1-5H3. The fraction of sp³-hybridized carbons (Fsp3) is 0.824. The lowest BCUT2D eigenvalue weighted by molar-refractivity contribution is 0.132. The fourth-order valence-electron chi connectivity index (χ4n) is 3.56. The summed E-state index contributed by atoms with van der Waals surface area (Å²) in [6, 6.07) is 0.371. The van der Waals surface area contributed by atoms with E-state index < -0.39 is 0 Å². The molecule has 4 heteroatoms. The smallest absolute Gasteiger partial charge is 0.0947 e. The van der Waals surface area contributed by atoms with Gasteiger partial charge in [0.15, 0.2) is 0 Å². The Bertz CT molecular complexity index is 434. The second-order valence-corrected chi connectivity index (χ2v) is 8.99. The molecular weight excluding hydrogens is 278 g/mol. The van der Waals surface area contributed by atoms with Crippen molar-refractivity contribution in [2.75, 3.05) is 0 Å². The molecule has 2 rings (SSSR count). The van der Waals surface area contributed by atoms with E-state index in [-0.39, 0.29) is 0 Å². The highest BCUT2D eigenvalue weighted by Crippen LogP contribution is 2.41. The number of thiazole rings is 1. The van der Waals surface area contributed by atoms with Gasteiger partial charge in [-0.15, -0.1) is 11.3 Å². The Labute approximate surface area is 133 Å². The molecule has 0 amide bonds. The van der Waals surface area contributed by atoms with Gasteiger partial charge in [-0.1, -0.05) is 20.8 Å². The Morgan fingerprint density at radius 2 is 1.86 bits per heavy atom. The molecule has 1 unspecified atom stereocenters. The quantitative estimate of drug-likeness (QED) is 0.653. The Kier molecular flexibility index (Phi) is 5.44. The van der Waals surface area contributed by atoms with E-state index in [1.54, 1.807) is 0 Å². The number of aryl methyl sites for hydroxylation is 2. The van der Waals surface area contributed by atoms with Crippen molar-refractivity contribution in [3.8, 4) is 0 Å². The van der Waals surface area contributed by atoms with E-state index in [1.807, 2.05) is 11.3 Å². The number of hydrazine groups is 1. The van der Waals surface area contributed by atoms with Crippen LogP contribution in [0.5, 0.6) is 0 Å². The molecule has 1 heterocycles. The highest BCUT2D eigenvalue weighted by molar-refractivity contribution is 7.11. The number of hydrogen-bond donors (Lipinski definition) is 2. The average Bonchev–Trinajstić information content (AvgIpc) is 2.74. The summed E-state index contributed by atoms with van der Waals surface area (Å²) in [5, 5.41) is 1.23. The molecule has 1 aliphatic rings. The molecule has 1 aromatic rings. The predicted octanol–water partition coefficient (Wildman–Crippen LogP) is 3.99. The molecule has 21 heavy (non-hydrogen) atoms. The summed E-state index contributed by atoms with van der Waals surface area (Å²) in [5.41, 5.74) is 4.68. The summed E-state index contributed by atoms with van der Waals surface area (Å²) in [6.07, 6.45) is 6.23. The predicted molar refractivity (Wildman–Crippen MR) is 91.3 cm³/mol. The lowest BCUT2D eigenvalue weighted by Gasteiger charge is -2.39. The second-order valence-electron chi connectivity index (χ2n) is 7.70. The van der Waals surface area contributed by atoms with E-state index in [9.17, 15) is 0 Å². The van der Waals surface area contributed by atoms with Crippen molar-refractivity contribution in [2.45, 2.75) is 72.8 Å². The van der Waals surface area contributed by atoms with Crippen LogP contribution in [0.25, 0.3) is 0 Å². The van der Waals surface area contributed by atoms with Crippen molar-refractivity contribution in [3.05, 3.63) is 15.6 Å². The Morgan fingerprint density at radius 1 is 1.24 bits per heavy atom. The summed E-state index contributed by atoms with van der Waals surface area (Å²) in [4.78, 5) is 6.00. The Balaban J connectivity index is 1.93. The molecular formula is C17H31N3S. The zero-order chi connectivity index (χ0) is 15.6. The van der Waals surface area contributed by atoms with Gasteiger partial charge in [0.05, 0.1) is 10.7 Å². The fourth-order valence-corrected chi connectivity index (χ4v) is 4.56. The van der Waals surface area contributed by atoms with E-state index in [1.165, 1.54) is 41.3 Å². The van der Waals surface area contributed by atoms with Gasteiger partial charge in [-0.25, -0.2) is 4.98 Å². The zero-order valence-corrected chi connectivity index (χ0v) is 15.0. The van der Waals surface area contributed by atoms with Crippen molar-refractivity contribution in [3.63, 3.8) is 0 Å². The highest BCUT2D eigenvalue weighted by atomic mass is 32.1. The molecule has 3 N–H and O–H groups in total. The van der Waals surface area contributed by atoms with Crippen LogP contribution in [0.15, 0.2) is 0 Å². The molecule has 120 valence electrons. The molecule has 1 aliphatic carbocycles. The minimum Gasteiger partial charge on any atom is -0.271 e. The van der Waals surface area contributed by atoms with Crippen LogP contribution in [0.4, 0.5) is 0 Å². The van der Waals surface area contributed by atoms with Crippen LogP contribution in [-0.2, 0) is 6.42 Å². The number of aromatic nitrogens is 1. The topological polar surface area (TPSA) is 50.9 Å². The maximum absolute atomic E-state index is 5.84. The first kappa shape index (κ1) is 16.9. The molecule has 1 fully saturated rings. The van der Waals surface area contributed by atoms with Gasteiger partial charge in [0, 0.05) is 17.3 Å². The number of nitrogens with one attached hydrogen (secondary N) is 1. The van der Waals surface area contributed by atoms with Gasteiger partial charge in [-0.2, -0.15) is 0 Å². The second kappa shape index (κ2) is 6.76. The van der Waals surface area contributed by atoms with Crippen LogP contribution in [0, 0.1) is 31.1 Å². The summed E-state index contributed by atoms with van der Waals surface area (Å²) < 4.78 is 0. The largest absolute Gasteiger partial charge is 0.271 e. The molecule has 0 saturated heterocycles. The molecule has 1 atom stereocenters. The van der Waals surface area contributed by atoms with Crippen LogP contribution >= 0.6 is 11.3 Å². The lowest BCUT2D eigenvalue weighted by Crippen LogP contribution is -2.44. The number of rotatable bonds is 4. The van der Waals surface area contributed by atoms with Gasteiger partial charge in [-0.3, -0.25) is 11.3 Å². The van der Waals surface area contributed by atoms with E-state index in [4.69, 9.17) is 5.84 Å². The first-order valence-corrected chi connectivity index (χ1v) is 9.02. The number of nitrogens with two attached hydrogens (primary N) is 1. The molecule has 0 aliphatic heterocycles. The van der Waals surface area contributed by atoms with Gasteiger partial charge in [0.2, 0.25) is 0 Å². The first-order valence-electron chi connectivity index (χ1n) is 8.20. The van der Waals surface area contributed by atoms with Crippen molar-refractivity contribution >= 4 is 11.3 Å². The molecule has 0 bridgehead atoms. The van der Waals surface area contributed by atoms with E-state index in [0.29, 0.717) is 17.4 Å². The summed E-state index contributed by atoms with van der Waals surface area (Å²) in [6.45, 7) is 11.4. The van der Waals surface area contributed by atoms with Crippen LogP contribution < -0.4 is 11.3 Å². The summed E-state index contributed by atoms with van der Waals surface area (Å²) >= 11 is 1.82. The van der Waals surface area contributed by atoms with E-state index in [2.05, 4.69) is 45.0 Å². The van der Waals surface area contributed by atoms with Crippen LogP contribution in [0.1, 0.15) is 62.0 Å². The molecule has 1 aromatic heterocycles. The van der Waals surface area contributed by atoms with Gasteiger partial charge in [0.25, 0.3) is 0 Å². The summed E-state index contributed by atoms with van der Waals surface area (Å²) in [5.74, 6) is 7.39. The van der Waals surface area contributed by atoms with Crippen molar-refractivity contribution in [1.29, 1.82) is 0 Å². The van der Waals surface area contributed by atoms with E-state index in [0.717, 1.165) is 12.3 Å². The lowest BCUT2D eigenvalue weighted by atomic mass is 9.68. The van der Waals surface area contributed by atoms with Gasteiger partial charge in [0.1, 0.15) is 0 Å². The third-order valence-electron chi connectivity index (χ3n) is 5.25. The van der Waals surface area contributed by atoms with Gasteiger partial charge < -0.3 is 0 Å². The minimum atomic E-state index is 0.371. The summed E-state index contributed by atoms with van der Waals surface area (Å²) in [7, 11) is 0. The van der Waals surface area contributed by atoms with Crippen LogP contribution in [-0.4, -0.2) is 11.0 Å². The molecule has 0 spiro atoms. The maximum Gasteiger partial charge on any atom is 0.0947 e. The normalized spacial score (nSPS) is 25.0. The molecule has 3 nitrogen and oxygen atoms in total. The van der Waals surface area contributed by atoms with Crippen LogP contribution in [0.3, 0.4) is 0 Å². The maximum atomic E-state index is 5.84. The third kappa shape index (κ3) is 4.27. The molecule has 0 radical (unpaired) electrons. The monoisotopic (exact) mass is 309 g/mol. The average molecular weight is 310 g/mol. The Hall–Kier alpha value is -0.450. The van der Waals surface area contributed by atoms with Crippen molar-refractivity contribution in [2.24, 2.45) is 23.1 Å². The number of nitrogens with zero attached hydrogens (tertiary/aromatic N) is 1. The van der Waals surface area contributed by atoms with Gasteiger partial charge >= 0.3 is 0 Å². The first-order chi connectivity index (χ1) is 9.81. The van der Waals surface area contributed by atoms with Crippen LogP contribution in [0.2, 0.25) is 0 Å². The van der Waals surface area contributed by atoms with Crippen molar-refractivity contribution in [1.82, 2.24) is 10.4 Å². The van der Waals surface area contributed by atoms with E-state index >= 15 is 0 Å². The Morgan fingerprint density at radius 3 is 2.29 bits per heavy atom. The number of hydrogen-bond acceptors (Lipinski definition) is 4. The SMILES string of the molecule is Cc1nc(CC(NN)C2CCC(C(C)(C)C)CC2)sc1C. The highest BCUT2D eigenvalue weighted by Gasteiger charge is 2.32. The molecule has 1 saturated carbocycles.